The second kappa shape index (κ2) is 7.09. The molecular weight excluding hydrogens is 386 g/mol. The maximum Gasteiger partial charge on any atom is 0.273 e. The first kappa shape index (κ1) is 18.2. The van der Waals surface area contributed by atoms with Crippen LogP contribution in [0.4, 0.5) is 0 Å². The molecule has 2 aromatic carbocycles. The molecule has 2 amide bonds. The summed E-state index contributed by atoms with van der Waals surface area (Å²) in [6.45, 7) is 0.221. The van der Waals surface area contributed by atoms with Crippen molar-refractivity contribution >= 4 is 29.0 Å². The summed E-state index contributed by atoms with van der Waals surface area (Å²) in [5.41, 5.74) is 1.34. The number of methoxy groups -OCH3 is 2. The molecule has 2 aliphatic rings. The van der Waals surface area contributed by atoms with Crippen LogP contribution < -0.4 is 18.9 Å². The molecule has 0 spiro atoms. The Bertz CT molecular complexity index is 1020. The van der Waals surface area contributed by atoms with Gasteiger partial charge in [0.05, 0.1) is 26.3 Å². The predicted molar refractivity (Wildman–Crippen MR) is 100 cm³/mol. The van der Waals surface area contributed by atoms with Gasteiger partial charge in [0, 0.05) is 0 Å². The SMILES string of the molecule is COc1ccc(C2=C(Cl)C(=O)N(Cc3ccc4c(c3)OCO4)C2=O)cc1OC. The maximum absolute atomic E-state index is 13.0. The lowest BCUT2D eigenvalue weighted by atomic mass is 10.1. The van der Waals surface area contributed by atoms with E-state index in [0.29, 0.717) is 28.6 Å². The molecule has 4 rings (SSSR count). The quantitative estimate of drug-likeness (QED) is 0.717. The van der Waals surface area contributed by atoms with Crippen molar-refractivity contribution in [3.05, 3.63) is 52.6 Å². The van der Waals surface area contributed by atoms with Gasteiger partial charge in [0.25, 0.3) is 11.8 Å². The van der Waals surface area contributed by atoms with Gasteiger partial charge in [0.2, 0.25) is 6.79 Å². The largest absolute Gasteiger partial charge is 0.493 e. The summed E-state index contributed by atoms with van der Waals surface area (Å²) < 4.78 is 21.1. The predicted octanol–water partition coefficient (Wildman–Crippen LogP) is 2.95. The van der Waals surface area contributed by atoms with E-state index in [-0.39, 0.29) is 23.9 Å². The number of hydrogen-bond acceptors (Lipinski definition) is 6. The first-order chi connectivity index (χ1) is 13.5. The molecule has 0 aliphatic carbocycles. The zero-order valence-electron chi connectivity index (χ0n) is 15.2. The second-order valence-electron chi connectivity index (χ2n) is 6.14. The Labute approximate surface area is 166 Å². The van der Waals surface area contributed by atoms with Gasteiger partial charge in [0.1, 0.15) is 5.03 Å². The number of nitrogens with zero attached hydrogens (tertiary/aromatic N) is 1. The fourth-order valence-corrected chi connectivity index (χ4v) is 3.45. The van der Waals surface area contributed by atoms with Crippen LogP contribution in [-0.4, -0.2) is 37.7 Å². The van der Waals surface area contributed by atoms with Crippen molar-refractivity contribution in [3.63, 3.8) is 0 Å². The third kappa shape index (κ3) is 2.93. The molecule has 0 unspecified atom stereocenters. The standard InChI is InChI=1S/C20H16ClNO6/c1-25-13-6-4-12(8-15(13)26-2)17-18(21)20(24)22(19(17)23)9-11-3-5-14-16(7-11)28-10-27-14/h3-8H,9-10H2,1-2H3. The Balaban J connectivity index is 1.63. The molecule has 0 saturated carbocycles. The minimum atomic E-state index is -0.547. The third-order valence-electron chi connectivity index (χ3n) is 4.56. The Hall–Kier alpha value is -3.19. The molecule has 0 saturated heterocycles. The van der Waals surface area contributed by atoms with Crippen LogP contribution in [0, 0.1) is 0 Å². The van der Waals surface area contributed by atoms with Gasteiger partial charge in [-0.25, -0.2) is 0 Å². The van der Waals surface area contributed by atoms with Crippen molar-refractivity contribution in [2.24, 2.45) is 0 Å². The number of amides is 2. The van der Waals surface area contributed by atoms with Gasteiger partial charge in [-0.15, -0.1) is 0 Å². The van der Waals surface area contributed by atoms with Gasteiger partial charge in [-0.05, 0) is 35.4 Å². The minimum Gasteiger partial charge on any atom is -0.493 e. The van der Waals surface area contributed by atoms with Crippen LogP contribution in [0.1, 0.15) is 11.1 Å². The van der Waals surface area contributed by atoms with Crippen LogP contribution in [0.25, 0.3) is 5.57 Å². The summed E-state index contributed by atoms with van der Waals surface area (Å²) in [6.07, 6.45) is 0. The number of imide groups is 1. The summed E-state index contributed by atoms with van der Waals surface area (Å²) in [5, 5.41) is -0.127. The zero-order chi connectivity index (χ0) is 19.8. The van der Waals surface area contributed by atoms with Crippen LogP contribution in [0.5, 0.6) is 23.0 Å². The Morgan fingerprint density at radius 2 is 1.71 bits per heavy atom. The van der Waals surface area contributed by atoms with Crippen molar-refractivity contribution < 1.29 is 28.5 Å². The van der Waals surface area contributed by atoms with E-state index in [1.165, 1.54) is 14.2 Å². The van der Waals surface area contributed by atoms with E-state index >= 15 is 0 Å². The molecule has 8 heteroatoms. The number of hydrogen-bond donors (Lipinski definition) is 0. The van der Waals surface area contributed by atoms with Gasteiger partial charge in [-0.2, -0.15) is 0 Å². The molecule has 0 atom stereocenters. The molecule has 0 bridgehead atoms. The topological polar surface area (TPSA) is 74.3 Å². The number of carbonyl (C=O) groups is 2. The van der Waals surface area contributed by atoms with E-state index in [1.807, 2.05) is 0 Å². The Morgan fingerprint density at radius 3 is 2.46 bits per heavy atom. The lowest BCUT2D eigenvalue weighted by molar-refractivity contribution is -0.137. The van der Waals surface area contributed by atoms with Crippen LogP contribution in [0.2, 0.25) is 0 Å². The fraction of sp³-hybridized carbons (Fsp3) is 0.200. The smallest absolute Gasteiger partial charge is 0.273 e. The highest BCUT2D eigenvalue weighted by atomic mass is 35.5. The highest BCUT2D eigenvalue weighted by molar-refractivity contribution is 6.55. The number of fused-ring (bicyclic) bond motifs is 1. The van der Waals surface area contributed by atoms with Crippen molar-refractivity contribution in [1.82, 2.24) is 4.90 Å². The molecule has 28 heavy (non-hydrogen) atoms. The lowest BCUT2D eigenvalue weighted by Crippen LogP contribution is -2.30. The van der Waals surface area contributed by atoms with Gasteiger partial charge in [0.15, 0.2) is 23.0 Å². The molecule has 2 aromatic rings. The molecule has 144 valence electrons. The van der Waals surface area contributed by atoms with Crippen LogP contribution >= 0.6 is 11.6 Å². The number of halogens is 1. The molecule has 7 nitrogen and oxygen atoms in total. The first-order valence-corrected chi connectivity index (χ1v) is 8.78. The monoisotopic (exact) mass is 401 g/mol. The fourth-order valence-electron chi connectivity index (χ4n) is 3.15. The average Bonchev–Trinajstić information content (AvgIpc) is 3.26. The van der Waals surface area contributed by atoms with E-state index in [9.17, 15) is 9.59 Å². The summed E-state index contributed by atoms with van der Waals surface area (Å²) in [6, 6.07) is 10.2. The molecule has 0 radical (unpaired) electrons. The Morgan fingerprint density at radius 1 is 0.964 bits per heavy atom. The number of benzene rings is 2. The average molecular weight is 402 g/mol. The normalized spacial score (nSPS) is 15.5. The maximum atomic E-state index is 13.0. The summed E-state index contributed by atoms with van der Waals surface area (Å²) in [4.78, 5) is 26.7. The minimum absolute atomic E-state index is 0.0708. The zero-order valence-corrected chi connectivity index (χ0v) is 15.9. The van der Waals surface area contributed by atoms with E-state index < -0.39 is 11.8 Å². The molecule has 0 N–H and O–H groups in total. The van der Waals surface area contributed by atoms with Crippen molar-refractivity contribution in [2.75, 3.05) is 21.0 Å². The molecule has 0 aromatic heterocycles. The van der Waals surface area contributed by atoms with Gasteiger partial charge < -0.3 is 18.9 Å². The van der Waals surface area contributed by atoms with Crippen LogP contribution in [0.3, 0.4) is 0 Å². The highest BCUT2D eigenvalue weighted by Crippen LogP contribution is 2.38. The first-order valence-electron chi connectivity index (χ1n) is 8.40. The van der Waals surface area contributed by atoms with E-state index in [4.69, 9.17) is 30.5 Å². The van der Waals surface area contributed by atoms with Gasteiger partial charge >= 0.3 is 0 Å². The van der Waals surface area contributed by atoms with Crippen molar-refractivity contribution in [1.29, 1.82) is 0 Å². The lowest BCUT2D eigenvalue weighted by Gasteiger charge is -2.15. The molecule has 2 aliphatic heterocycles. The van der Waals surface area contributed by atoms with Crippen molar-refractivity contribution in [3.8, 4) is 23.0 Å². The van der Waals surface area contributed by atoms with Crippen LogP contribution in [-0.2, 0) is 16.1 Å². The van der Waals surface area contributed by atoms with Gasteiger partial charge in [-0.3, -0.25) is 14.5 Å². The number of rotatable bonds is 5. The van der Waals surface area contributed by atoms with Gasteiger partial charge in [-0.1, -0.05) is 23.7 Å². The molecule has 2 heterocycles. The summed E-state index contributed by atoms with van der Waals surface area (Å²) in [5.74, 6) is 1.14. The van der Waals surface area contributed by atoms with E-state index in [0.717, 1.165) is 10.5 Å². The molecular formula is C20H16ClNO6. The van der Waals surface area contributed by atoms with Crippen LogP contribution in [0.15, 0.2) is 41.4 Å². The Kier molecular flexibility index (Phi) is 4.60. The molecule has 0 fully saturated rings. The number of carbonyl (C=O) groups excluding carboxylic acids is 2. The second-order valence-corrected chi connectivity index (χ2v) is 6.52. The number of ether oxygens (including phenoxy) is 4. The summed E-state index contributed by atoms with van der Waals surface area (Å²) >= 11 is 6.23. The third-order valence-corrected chi connectivity index (χ3v) is 4.91. The highest BCUT2D eigenvalue weighted by Gasteiger charge is 2.38. The summed E-state index contributed by atoms with van der Waals surface area (Å²) in [7, 11) is 3.01. The van der Waals surface area contributed by atoms with E-state index in [2.05, 4.69) is 0 Å². The van der Waals surface area contributed by atoms with E-state index in [1.54, 1.807) is 36.4 Å². The van der Waals surface area contributed by atoms with Crippen molar-refractivity contribution in [2.45, 2.75) is 6.54 Å².